The topological polar surface area (TPSA) is 49.3 Å². The number of carbonyl (C=O) groups is 1. The molecule has 0 saturated heterocycles. The molecule has 2 fully saturated rings. The second-order valence-corrected chi connectivity index (χ2v) is 9.71. The Bertz CT molecular complexity index is 873. The number of benzene rings is 2. The first-order chi connectivity index (χ1) is 15.6. The van der Waals surface area contributed by atoms with Gasteiger partial charge in [0.05, 0.1) is 5.54 Å². The SMILES string of the molecule is O=C(O)C(Cl)=C(C1CCCCC1)C(NC1CCCCC1)(c1ccccc1)c1ccccc1. The van der Waals surface area contributed by atoms with Gasteiger partial charge in [-0.25, -0.2) is 4.79 Å². The zero-order valence-electron chi connectivity index (χ0n) is 18.7. The minimum absolute atomic E-state index is 0.0204. The molecule has 4 heteroatoms. The number of aliphatic carboxylic acids is 1. The van der Waals surface area contributed by atoms with E-state index < -0.39 is 11.5 Å². The van der Waals surface area contributed by atoms with E-state index in [9.17, 15) is 9.90 Å². The molecule has 2 aliphatic rings. The fourth-order valence-electron chi connectivity index (χ4n) is 5.81. The normalized spacial score (nSPS) is 19.4. The molecule has 0 bridgehead atoms. The van der Waals surface area contributed by atoms with Gasteiger partial charge in [0.1, 0.15) is 5.03 Å². The molecular weight excluding hydrogens is 418 g/mol. The molecular formula is C28H34ClNO2. The van der Waals surface area contributed by atoms with Crippen molar-refractivity contribution in [2.75, 3.05) is 0 Å². The van der Waals surface area contributed by atoms with Gasteiger partial charge in [-0.05, 0) is 48.3 Å². The highest BCUT2D eigenvalue weighted by atomic mass is 35.5. The number of carboxylic acids is 1. The molecule has 2 saturated carbocycles. The van der Waals surface area contributed by atoms with E-state index in [1.54, 1.807) is 0 Å². The third kappa shape index (κ3) is 4.79. The van der Waals surface area contributed by atoms with Gasteiger partial charge in [-0.1, -0.05) is 111 Å². The third-order valence-electron chi connectivity index (χ3n) is 7.28. The van der Waals surface area contributed by atoms with Gasteiger partial charge in [-0.15, -0.1) is 0 Å². The zero-order chi connectivity index (χ0) is 22.4. The molecule has 3 nitrogen and oxygen atoms in total. The van der Waals surface area contributed by atoms with Crippen LogP contribution in [0.25, 0.3) is 0 Å². The summed E-state index contributed by atoms with van der Waals surface area (Å²) in [6, 6.07) is 21.0. The van der Waals surface area contributed by atoms with Crippen LogP contribution in [0.5, 0.6) is 0 Å². The van der Waals surface area contributed by atoms with Gasteiger partial charge in [0.2, 0.25) is 0 Å². The maximum absolute atomic E-state index is 12.4. The second kappa shape index (κ2) is 10.7. The summed E-state index contributed by atoms with van der Waals surface area (Å²) in [5.41, 5.74) is 2.21. The lowest BCUT2D eigenvalue weighted by molar-refractivity contribution is -0.132. The molecule has 2 N–H and O–H groups in total. The fraction of sp³-hybridized carbons (Fsp3) is 0.464. The molecule has 0 radical (unpaired) electrons. The molecule has 32 heavy (non-hydrogen) atoms. The van der Waals surface area contributed by atoms with Crippen molar-refractivity contribution < 1.29 is 9.90 Å². The summed E-state index contributed by atoms with van der Waals surface area (Å²) in [5.74, 6) is -0.891. The van der Waals surface area contributed by atoms with E-state index in [-0.39, 0.29) is 11.0 Å². The molecule has 2 aromatic carbocycles. The summed E-state index contributed by atoms with van der Waals surface area (Å²) >= 11 is 6.76. The molecule has 2 aromatic rings. The Kier molecular flexibility index (Phi) is 7.70. The Balaban J connectivity index is 1.99. The predicted octanol–water partition coefficient (Wildman–Crippen LogP) is 7.01. The molecule has 0 heterocycles. The number of hydrogen-bond acceptors (Lipinski definition) is 2. The standard InChI is InChI=1S/C28H34ClNO2/c29-26(27(31)32)25(21-13-5-1-6-14-21)28(22-15-7-2-8-16-22,23-17-9-3-10-18-23)30-24-19-11-4-12-20-24/h2-3,7-10,15-18,21,24,30H,1,4-6,11-14,19-20H2,(H,31,32). The van der Waals surface area contributed by atoms with Crippen LogP contribution < -0.4 is 5.32 Å². The lowest BCUT2D eigenvalue weighted by atomic mass is 9.67. The molecule has 0 amide bonds. The van der Waals surface area contributed by atoms with Crippen LogP contribution in [0, 0.1) is 5.92 Å². The summed E-state index contributed by atoms with van der Waals surface area (Å²) in [6.45, 7) is 0. The minimum atomic E-state index is -1.03. The van der Waals surface area contributed by atoms with Crippen LogP contribution in [0.2, 0.25) is 0 Å². The molecule has 0 spiro atoms. The first-order valence-electron chi connectivity index (χ1n) is 12.1. The summed E-state index contributed by atoms with van der Waals surface area (Å²) < 4.78 is 0. The van der Waals surface area contributed by atoms with E-state index in [4.69, 9.17) is 11.6 Å². The average Bonchev–Trinajstić information content (AvgIpc) is 2.86. The largest absolute Gasteiger partial charge is 0.477 e. The molecule has 170 valence electrons. The van der Waals surface area contributed by atoms with Crippen molar-refractivity contribution in [3.63, 3.8) is 0 Å². The Morgan fingerprint density at radius 2 is 1.25 bits per heavy atom. The van der Waals surface area contributed by atoms with E-state index in [0.717, 1.165) is 55.2 Å². The van der Waals surface area contributed by atoms with Crippen molar-refractivity contribution in [1.29, 1.82) is 0 Å². The quantitative estimate of drug-likeness (QED) is 0.445. The maximum Gasteiger partial charge on any atom is 0.347 e. The summed E-state index contributed by atoms with van der Waals surface area (Å²) in [4.78, 5) is 12.4. The molecule has 2 aliphatic carbocycles. The number of nitrogens with one attached hydrogen (secondary N) is 1. The molecule has 0 unspecified atom stereocenters. The number of carboxylic acid groups (broad SMARTS) is 1. The fourth-order valence-corrected chi connectivity index (χ4v) is 6.10. The van der Waals surface area contributed by atoms with Gasteiger partial charge >= 0.3 is 5.97 Å². The monoisotopic (exact) mass is 451 g/mol. The van der Waals surface area contributed by atoms with E-state index in [1.807, 2.05) is 36.4 Å². The predicted molar refractivity (Wildman–Crippen MR) is 131 cm³/mol. The van der Waals surface area contributed by atoms with Crippen LogP contribution in [-0.2, 0) is 10.3 Å². The Hall–Kier alpha value is -2.10. The van der Waals surface area contributed by atoms with Crippen LogP contribution >= 0.6 is 11.6 Å². The van der Waals surface area contributed by atoms with Crippen LogP contribution in [0.4, 0.5) is 0 Å². The van der Waals surface area contributed by atoms with Crippen LogP contribution in [-0.4, -0.2) is 17.1 Å². The number of halogens is 1. The van der Waals surface area contributed by atoms with Crippen molar-refractivity contribution in [2.24, 2.45) is 5.92 Å². The van der Waals surface area contributed by atoms with Crippen molar-refractivity contribution >= 4 is 17.6 Å². The first kappa shape index (κ1) is 23.1. The molecule has 4 rings (SSSR count). The van der Waals surface area contributed by atoms with Crippen molar-refractivity contribution in [1.82, 2.24) is 5.32 Å². The Morgan fingerprint density at radius 3 is 1.72 bits per heavy atom. The lowest BCUT2D eigenvalue weighted by Crippen LogP contribution is -2.52. The first-order valence-corrected chi connectivity index (χ1v) is 12.5. The van der Waals surface area contributed by atoms with Crippen molar-refractivity contribution in [3.05, 3.63) is 82.4 Å². The van der Waals surface area contributed by atoms with Crippen molar-refractivity contribution in [2.45, 2.75) is 75.8 Å². The maximum atomic E-state index is 12.4. The van der Waals surface area contributed by atoms with Gasteiger partial charge < -0.3 is 5.11 Å². The van der Waals surface area contributed by atoms with Gasteiger partial charge in [0, 0.05) is 6.04 Å². The highest BCUT2D eigenvalue weighted by Crippen LogP contribution is 2.47. The molecule has 0 aliphatic heterocycles. The van der Waals surface area contributed by atoms with Gasteiger partial charge in [-0.3, -0.25) is 5.32 Å². The summed E-state index contributed by atoms with van der Waals surface area (Å²) in [6.07, 6.45) is 11.3. The van der Waals surface area contributed by atoms with Crippen molar-refractivity contribution in [3.8, 4) is 0 Å². The average molecular weight is 452 g/mol. The Morgan fingerprint density at radius 1 is 0.781 bits per heavy atom. The zero-order valence-corrected chi connectivity index (χ0v) is 19.5. The highest BCUT2D eigenvalue weighted by Gasteiger charge is 2.45. The second-order valence-electron chi connectivity index (χ2n) is 9.33. The van der Waals surface area contributed by atoms with Crippen LogP contribution in [0.1, 0.15) is 75.3 Å². The van der Waals surface area contributed by atoms with Crippen LogP contribution in [0.15, 0.2) is 71.3 Å². The van der Waals surface area contributed by atoms with E-state index in [0.29, 0.717) is 6.04 Å². The molecule has 0 aromatic heterocycles. The van der Waals surface area contributed by atoms with E-state index in [2.05, 4.69) is 29.6 Å². The van der Waals surface area contributed by atoms with Gasteiger partial charge in [0.15, 0.2) is 0 Å². The molecule has 0 atom stereocenters. The lowest BCUT2D eigenvalue weighted by Gasteiger charge is -2.46. The highest BCUT2D eigenvalue weighted by molar-refractivity contribution is 6.41. The van der Waals surface area contributed by atoms with E-state index in [1.165, 1.54) is 25.7 Å². The smallest absolute Gasteiger partial charge is 0.347 e. The summed E-state index contributed by atoms with van der Waals surface area (Å²) in [5, 5.41) is 14.1. The third-order valence-corrected chi connectivity index (χ3v) is 7.65. The summed E-state index contributed by atoms with van der Waals surface area (Å²) in [7, 11) is 0. The van der Waals surface area contributed by atoms with Crippen LogP contribution in [0.3, 0.4) is 0 Å². The van der Waals surface area contributed by atoms with E-state index >= 15 is 0 Å². The van der Waals surface area contributed by atoms with Gasteiger partial charge in [0.25, 0.3) is 0 Å². The Labute approximate surface area is 196 Å². The minimum Gasteiger partial charge on any atom is -0.477 e. The van der Waals surface area contributed by atoms with Gasteiger partial charge in [-0.2, -0.15) is 0 Å². The number of rotatable bonds is 7. The number of hydrogen-bond donors (Lipinski definition) is 2.